The molecule has 1 fully saturated rings. The zero-order chi connectivity index (χ0) is 11.3. The highest BCUT2D eigenvalue weighted by atomic mass is 16.1. The first-order chi connectivity index (χ1) is 7.66. The highest BCUT2D eigenvalue weighted by Crippen LogP contribution is 2.40. The summed E-state index contributed by atoms with van der Waals surface area (Å²) in [6.45, 7) is 1.59. The van der Waals surface area contributed by atoms with E-state index in [9.17, 15) is 4.79 Å². The third kappa shape index (κ3) is 1.35. The van der Waals surface area contributed by atoms with Crippen LogP contribution in [-0.2, 0) is 7.05 Å². The lowest BCUT2D eigenvalue weighted by molar-refractivity contribution is 0.101. The van der Waals surface area contributed by atoms with E-state index in [0.717, 1.165) is 22.4 Å². The SMILES string of the molecule is CC(=O)c1ccc2c(c1)nc(C1CC1)n2C. The molecule has 0 amide bonds. The van der Waals surface area contributed by atoms with E-state index in [2.05, 4.69) is 16.6 Å². The Morgan fingerprint density at radius 1 is 1.44 bits per heavy atom. The number of fused-ring (bicyclic) bond motifs is 1. The second-order valence-corrected chi connectivity index (χ2v) is 4.56. The average Bonchev–Trinajstić information content (AvgIpc) is 3.04. The maximum absolute atomic E-state index is 11.3. The van der Waals surface area contributed by atoms with Gasteiger partial charge in [-0.1, -0.05) is 0 Å². The van der Waals surface area contributed by atoms with Crippen molar-refractivity contribution in [3.05, 3.63) is 29.6 Å². The summed E-state index contributed by atoms with van der Waals surface area (Å²) in [4.78, 5) is 15.9. The Hall–Kier alpha value is -1.64. The maximum atomic E-state index is 11.3. The summed E-state index contributed by atoms with van der Waals surface area (Å²) in [5, 5.41) is 0. The van der Waals surface area contributed by atoms with Crippen LogP contribution in [0, 0.1) is 0 Å². The molecule has 1 aliphatic rings. The normalized spacial score (nSPS) is 15.6. The zero-order valence-corrected chi connectivity index (χ0v) is 9.53. The summed E-state index contributed by atoms with van der Waals surface area (Å²) in [5.41, 5.74) is 2.80. The molecular formula is C13H14N2O. The number of ketones is 1. The molecule has 82 valence electrons. The van der Waals surface area contributed by atoms with Gasteiger partial charge in [-0.2, -0.15) is 0 Å². The van der Waals surface area contributed by atoms with Gasteiger partial charge in [-0.15, -0.1) is 0 Å². The van der Waals surface area contributed by atoms with Crippen LogP contribution in [0.1, 0.15) is 41.9 Å². The van der Waals surface area contributed by atoms with Crippen molar-refractivity contribution in [3.63, 3.8) is 0 Å². The van der Waals surface area contributed by atoms with E-state index in [-0.39, 0.29) is 5.78 Å². The van der Waals surface area contributed by atoms with Crippen LogP contribution < -0.4 is 0 Å². The topological polar surface area (TPSA) is 34.9 Å². The number of hydrogen-bond donors (Lipinski definition) is 0. The Morgan fingerprint density at radius 3 is 2.81 bits per heavy atom. The van der Waals surface area contributed by atoms with Gasteiger partial charge in [0.1, 0.15) is 5.82 Å². The number of aromatic nitrogens is 2. The number of carbonyl (C=O) groups excluding carboxylic acids is 1. The standard InChI is InChI=1S/C13H14N2O/c1-8(16)10-5-6-12-11(7-10)14-13(15(12)2)9-3-4-9/h5-7,9H,3-4H2,1-2H3. The minimum absolute atomic E-state index is 0.0977. The summed E-state index contributed by atoms with van der Waals surface area (Å²) < 4.78 is 2.15. The number of Topliss-reactive ketones (excluding diaryl/α,β-unsaturated/α-hetero) is 1. The first-order valence-electron chi connectivity index (χ1n) is 5.64. The van der Waals surface area contributed by atoms with Crippen molar-refractivity contribution in [2.45, 2.75) is 25.7 Å². The molecule has 0 N–H and O–H groups in total. The fraction of sp³-hybridized carbons (Fsp3) is 0.385. The second kappa shape index (κ2) is 3.17. The zero-order valence-electron chi connectivity index (χ0n) is 9.53. The lowest BCUT2D eigenvalue weighted by atomic mass is 10.1. The van der Waals surface area contributed by atoms with Gasteiger partial charge in [-0.3, -0.25) is 4.79 Å². The van der Waals surface area contributed by atoms with E-state index < -0.39 is 0 Å². The summed E-state index contributed by atoms with van der Waals surface area (Å²) in [5.74, 6) is 1.90. The molecule has 0 saturated heterocycles. The predicted molar refractivity (Wildman–Crippen MR) is 62.7 cm³/mol. The van der Waals surface area contributed by atoms with Gasteiger partial charge < -0.3 is 4.57 Å². The smallest absolute Gasteiger partial charge is 0.159 e. The molecular weight excluding hydrogens is 200 g/mol. The fourth-order valence-electron chi connectivity index (χ4n) is 2.14. The van der Waals surface area contributed by atoms with Crippen LogP contribution in [0.15, 0.2) is 18.2 Å². The van der Waals surface area contributed by atoms with E-state index >= 15 is 0 Å². The van der Waals surface area contributed by atoms with Crippen LogP contribution in [0.2, 0.25) is 0 Å². The summed E-state index contributed by atoms with van der Waals surface area (Å²) in [6, 6.07) is 5.76. The van der Waals surface area contributed by atoms with Crippen molar-refractivity contribution >= 4 is 16.8 Å². The number of imidazole rings is 1. The predicted octanol–water partition coefficient (Wildman–Crippen LogP) is 2.65. The minimum atomic E-state index is 0.0977. The molecule has 0 bridgehead atoms. The molecule has 1 saturated carbocycles. The Labute approximate surface area is 94.1 Å². The van der Waals surface area contributed by atoms with Gasteiger partial charge in [-0.05, 0) is 38.0 Å². The largest absolute Gasteiger partial charge is 0.331 e. The Bertz CT molecular complexity index is 579. The summed E-state index contributed by atoms with van der Waals surface area (Å²) in [6.07, 6.45) is 2.49. The summed E-state index contributed by atoms with van der Waals surface area (Å²) >= 11 is 0. The molecule has 3 nitrogen and oxygen atoms in total. The average molecular weight is 214 g/mol. The van der Waals surface area contributed by atoms with Crippen LogP contribution in [0.25, 0.3) is 11.0 Å². The van der Waals surface area contributed by atoms with Crippen LogP contribution in [0.3, 0.4) is 0 Å². The third-order valence-electron chi connectivity index (χ3n) is 3.26. The molecule has 1 heterocycles. The van der Waals surface area contributed by atoms with Gasteiger partial charge in [0.15, 0.2) is 5.78 Å². The van der Waals surface area contributed by atoms with Crippen LogP contribution in [0.4, 0.5) is 0 Å². The van der Waals surface area contributed by atoms with Crippen molar-refractivity contribution < 1.29 is 4.79 Å². The van der Waals surface area contributed by atoms with Crippen molar-refractivity contribution in [1.29, 1.82) is 0 Å². The van der Waals surface area contributed by atoms with Gasteiger partial charge in [0.25, 0.3) is 0 Å². The van der Waals surface area contributed by atoms with Crippen LogP contribution in [0.5, 0.6) is 0 Å². The number of carbonyl (C=O) groups is 1. The van der Waals surface area contributed by atoms with Crippen LogP contribution in [-0.4, -0.2) is 15.3 Å². The third-order valence-corrected chi connectivity index (χ3v) is 3.26. The highest BCUT2D eigenvalue weighted by Gasteiger charge is 2.28. The van der Waals surface area contributed by atoms with E-state index in [0.29, 0.717) is 5.92 Å². The highest BCUT2D eigenvalue weighted by molar-refractivity contribution is 5.97. The minimum Gasteiger partial charge on any atom is -0.331 e. The summed E-state index contributed by atoms with van der Waals surface area (Å²) in [7, 11) is 2.05. The molecule has 0 spiro atoms. The molecule has 0 atom stereocenters. The molecule has 0 unspecified atom stereocenters. The van der Waals surface area contributed by atoms with Gasteiger partial charge in [0, 0.05) is 18.5 Å². The van der Waals surface area contributed by atoms with Gasteiger partial charge >= 0.3 is 0 Å². The Balaban J connectivity index is 2.20. The molecule has 0 aliphatic heterocycles. The maximum Gasteiger partial charge on any atom is 0.159 e. The second-order valence-electron chi connectivity index (χ2n) is 4.56. The van der Waals surface area contributed by atoms with E-state index in [4.69, 9.17) is 0 Å². The molecule has 2 aromatic rings. The number of aryl methyl sites for hydroxylation is 1. The van der Waals surface area contributed by atoms with E-state index in [1.165, 1.54) is 12.8 Å². The molecule has 16 heavy (non-hydrogen) atoms. The number of rotatable bonds is 2. The fourth-order valence-corrected chi connectivity index (χ4v) is 2.14. The molecule has 1 aromatic heterocycles. The van der Waals surface area contributed by atoms with Crippen molar-refractivity contribution in [2.75, 3.05) is 0 Å². The quantitative estimate of drug-likeness (QED) is 0.720. The molecule has 1 aliphatic carbocycles. The monoisotopic (exact) mass is 214 g/mol. The van der Waals surface area contributed by atoms with Crippen molar-refractivity contribution in [3.8, 4) is 0 Å². The van der Waals surface area contributed by atoms with Gasteiger partial charge in [-0.25, -0.2) is 4.98 Å². The molecule has 3 heteroatoms. The number of benzene rings is 1. The Morgan fingerprint density at radius 2 is 2.19 bits per heavy atom. The Kier molecular flexibility index (Phi) is 1.90. The molecule has 1 aromatic carbocycles. The first-order valence-corrected chi connectivity index (χ1v) is 5.64. The molecule has 0 radical (unpaired) electrons. The van der Waals surface area contributed by atoms with E-state index in [1.807, 2.05) is 18.2 Å². The molecule has 3 rings (SSSR count). The van der Waals surface area contributed by atoms with Crippen molar-refractivity contribution in [1.82, 2.24) is 9.55 Å². The lowest BCUT2D eigenvalue weighted by Gasteiger charge is -1.99. The van der Waals surface area contributed by atoms with Gasteiger partial charge in [0.05, 0.1) is 11.0 Å². The van der Waals surface area contributed by atoms with Gasteiger partial charge in [0.2, 0.25) is 0 Å². The lowest BCUT2D eigenvalue weighted by Crippen LogP contribution is -1.95. The number of nitrogens with zero attached hydrogens (tertiary/aromatic N) is 2. The van der Waals surface area contributed by atoms with Crippen LogP contribution >= 0.6 is 0 Å². The number of hydrogen-bond acceptors (Lipinski definition) is 2. The van der Waals surface area contributed by atoms with E-state index in [1.54, 1.807) is 6.92 Å². The first kappa shape index (κ1) is 9.58. The van der Waals surface area contributed by atoms with Crippen molar-refractivity contribution in [2.24, 2.45) is 7.05 Å².